The predicted octanol–water partition coefficient (Wildman–Crippen LogP) is 3.00. The van der Waals surface area contributed by atoms with E-state index in [2.05, 4.69) is 5.32 Å². The molecule has 1 aromatic carbocycles. The molecule has 0 amide bonds. The number of benzene rings is 1. The third-order valence-electron chi connectivity index (χ3n) is 2.38. The summed E-state index contributed by atoms with van der Waals surface area (Å²) in [6.07, 6.45) is 0. The molecule has 0 aliphatic rings. The molecule has 2 rings (SSSR count). The van der Waals surface area contributed by atoms with Crippen LogP contribution >= 0.6 is 11.3 Å². The zero-order chi connectivity index (χ0) is 11.4. The molecule has 84 valence electrons. The molecule has 0 bridgehead atoms. The fourth-order valence-electron chi connectivity index (χ4n) is 1.52. The Labute approximate surface area is 97.9 Å². The van der Waals surface area contributed by atoms with Gasteiger partial charge in [-0.1, -0.05) is 12.1 Å². The molecular formula is C12H13FN2S. The van der Waals surface area contributed by atoms with Crippen LogP contribution in [0.1, 0.15) is 11.6 Å². The summed E-state index contributed by atoms with van der Waals surface area (Å²) >= 11 is 1.61. The summed E-state index contributed by atoms with van der Waals surface area (Å²) in [7, 11) is 0. The van der Waals surface area contributed by atoms with Gasteiger partial charge in [-0.15, -0.1) is 0 Å². The average molecular weight is 236 g/mol. The van der Waals surface area contributed by atoms with Gasteiger partial charge < -0.3 is 11.1 Å². The minimum Gasteiger partial charge on any atom is -0.375 e. The van der Waals surface area contributed by atoms with Gasteiger partial charge in [0.2, 0.25) is 0 Å². The Kier molecular flexibility index (Phi) is 3.54. The van der Waals surface area contributed by atoms with Crippen molar-refractivity contribution in [2.45, 2.75) is 6.04 Å². The first-order chi connectivity index (χ1) is 7.81. The van der Waals surface area contributed by atoms with Gasteiger partial charge in [0.1, 0.15) is 5.82 Å². The molecule has 3 N–H and O–H groups in total. The van der Waals surface area contributed by atoms with Crippen LogP contribution in [0.15, 0.2) is 41.1 Å². The van der Waals surface area contributed by atoms with Crippen LogP contribution in [0.3, 0.4) is 0 Å². The molecule has 0 spiro atoms. The highest BCUT2D eigenvalue weighted by Crippen LogP contribution is 2.22. The summed E-state index contributed by atoms with van der Waals surface area (Å²) in [5.41, 5.74) is 7.26. The smallest absolute Gasteiger partial charge is 0.146 e. The Bertz CT molecular complexity index is 442. The van der Waals surface area contributed by atoms with Crippen LogP contribution in [0, 0.1) is 5.82 Å². The van der Waals surface area contributed by atoms with Crippen molar-refractivity contribution in [3.63, 3.8) is 0 Å². The van der Waals surface area contributed by atoms with Gasteiger partial charge in [-0.3, -0.25) is 0 Å². The van der Waals surface area contributed by atoms with E-state index in [9.17, 15) is 4.39 Å². The molecule has 2 aromatic rings. The molecule has 1 aromatic heterocycles. The van der Waals surface area contributed by atoms with Crippen LogP contribution in [0.5, 0.6) is 0 Å². The van der Waals surface area contributed by atoms with Crippen molar-refractivity contribution in [2.24, 2.45) is 5.73 Å². The first-order valence-corrected chi connectivity index (χ1v) is 5.99. The average Bonchev–Trinajstić information content (AvgIpc) is 2.81. The second-order valence-electron chi connectivity index (χ2n) is 3.47. The zero-order valence-electron chi connectivity index (χ0n) is 8.69. The molecule has 1 atom stereocenters. The van der Waals surface area contributed by atoms with Crippen molar-refractivity contribution in [3.8, 4) is 0 Å². The largest absolute Gasteiger partial charge is 0.375 e. The van der Waals surface area contributed by atoms with E-state index >= 15 is 0 Å². The molecule has 4 heteroatoms. The first-order valence-electron chi connectivity index (χ1n) is 5.04. The Morgan fingerprint density at radius 2 is 2.12 bits per heavy atom. The summed E-state index contributed by atoms with van der Waals surface area (Å²) in [6, 6.07) is 8.57. The maximum absolute atomic E-state index is 13.4. The molecule has 0 aliphatic heterocycles. The summed E-state index contributed by atoms with van der Waals surface area (Å²) in [6.45, 7) is 0.436. The van der Waals surface area contributed by atoms with Crippen molar-refractivity contribution in [3.05, 3.63) is 52.5 Å². The standard InChI is InChI=1S/C12H13FN2S/c13-10-3-1-2-4-11(10)15-12(7-14)9-5-6-16-8-9/h1-6,8,12,15H,7,14H2. The lowest BCUT2D eigenvalue weighted by molar-refractivity contribution is 0.626. The number of hydrogen-bond donors (Lipinski definition) is 2. The van der Waals surface area contributed by atoms with Gasteiger partial charge in [0.05, 0.1) is 11.7 Å². The number of thiophene rings is 1. The number of nitrogens with one attached hydrogen (secondary N) is 1. The maximum atomic E-state index is 13.4. The van der Waals surface area contributed by atoms with E-state index in [0.717, 1.165) is 5.56 Å². The number of nitrogens with two attached hydrogens (primary N) is 1. The minimum absolute atomic E-state index is 0.0388. The SMILES string of the molecule is NCC(Nc1ccccc1F)c1ccsc1. The van der Waals surface area contributed by atoms with E-state index in [1.807, 2.05) is 16.8 Å². The molecular weight excluding hydrogens is 223 g/mol. The lowest BCUT2D eigenvalue weighted by Gasteiger charge is -2.17. The van der Waals surface area contributed by atoms with Gasteiger partial charge in [-0.25, -0.2) is 4.39 Å². The van der Waals surface area contributed by atoms with E-state index in [0.29, 0.717) is 12.2 Å². The highest BCUT2D eigenvalue weighted by molar-refractivity contribution is 7.08. The molecule has 0 saturated carbocycles. The van der Waals surface area contributed by atoms with Crippen LogP contribution in [0.25, 0.3) is 0 Å². The van der Waals surface area contributed by atoms with Gasteiger partial charge in [-0.05, 0) is 34.5 Å². The quantitative estimate of drug-likeness (QED) is 0.856. The van der Waals surface area contributed by atoms with Gasteiger partial charge in [0.25, 0.3) is 0 Å². The lowest BCUT2D eigenvalue weighted by atomic mass is 10.1. The van der Waals surface area contributed by atoms with Crippen LogP contribution in [0.4, 0.5) is 10.1 Å². The van der Waals surface area contributed by atoms with Crippen LogP contribution in [-0.4, -0.2) is 6.54 Å². The van der Waals surface area contributed by atoms with E-state index < -0.39 is 0 Å². The third-order valence-corrected chi connectivity index (χ3v) is 3.09. The summed E-state index contributed by atoms with van der Waals surface area (Å²) < 4.78 is 13.4. The summed E-state index contributed by atoms with van der Waals surface area (Å²) in [4.78, 5) is 0. The Balaban J connectivity index is 2.17. The van der Waals surface area contributed by atoms with Crippen molar-refractivity contribution in [1.82, 2.24) is 0 Å². The van der Waals surface area contributed by atoms with E-state index in [-0.39, 0.29) is 11.9 Å². The summed E-state index contributed by atoms with van der Waals surface area (Å²) in [5.74, 6) is -0.254. The fraction of sp³-hybridized carbons (Fsp3) is 0.167. The minimum atomic E-state index is -0.254. The number of rotatable bonds is 4. The molecule has 0 saturated heterocycles. The number of hydrogen-bond acceptors (Lipinski definition) is 3. The zero-order valence-corrected chi connectivity index (χ0v) is 9.51. The van der Waals surface area contributed by atoms with Crippen molar-refractivity contribution in [1.29, 1.82) is 0 Å². The predicted molar refractivity (Wildman–Crippen MR) is 66.1 cm³/mol. The van der Waals surface area contributed by atoms with Gasteiger partial charge >= 0.3 is 0 Å². The normalized spacial score (nSPS) is 12.4. The van der Waals surface area contributed by atoms with E-state index in [1.165, 1.54) is 6.07 Å². The summed E-state index contributed by atoms with van der Waals surface area (Å²) in [5, 5.41) is 7.11. The van der Waals surface area contributed by atoms with Crippen LogP contribution in [-0.2, 0) is 0 Å². The van der Waals surface area contributed by atoms with Gasteiger partial charge in [-0.2, -0.15) is 11.3 Å². The highest BCUT2D eigenvalue weighted by atomic mass is 32.1. The molecule has 0 aliphatic carbocycles. The monoisotopic (exact) mass is 236 g/mol. The van der Waals surface area contributed by atoms with Crippen molar-refractivity contribution >= 4 is 17.0 Å². The number of para-hydroxylation sites is 1. The van der Waals surface area contributed by atoms with Crippen molar-refractivity contribution < 1.29 is 4.39 Å². The number of halogens is 1. The highest BCUT2D eigenvalue weighted by Gasteiger charge is 2.11. The molecule has 0 radical (unpaired) electrons. The molecule has 1 unspecified atom stereocenters. The molecule has 16 heavy (non-hydrogen) atoms. The van der Waals surface area contributed by atoms with Crippen LogP contribution in [0.2, 0.25) is 0 Å². The maximum Gasteiger partial charge on any atom is 0.146 e. The third kappa shape index (κ3) is 2.40. The first kappa shape index (κ1) is 11.1. The van der Waals surface area contributed by atoms with Gasteiger partial charge in [0, 0.05) is 6.54 Å². The van der Waals surface area contributed by atoms with Gasteiger partial charge in [0.15, 0.2) is 0 Å². The lowest BCUT2D eigenvalue weighted by Crippen LogP contribution is -2.20. The fourth-order valence-corrected chi connectivity index (χ4v) is 2.23. The van der Waals surface area contributed by atoms with E-state index in [1.54, 1.807) is 29.5 Å². The molecule has 2 nitrogen and oxygen atoms in total. The number of anilines is 1. The van der Waals surface area contributed by atoms with E-state index in [4.69, 9.17) is 5.73 Å². The molecule has 0 fully saturated rings. The van der Waals surface area contributed by atoms with Crippen LogP contribution < -0.4 is 11.1 Å². The topological polar surface area (TPSA) is 38.0 Å². The Morgan fingerprint density at radius 1 is 1.31 bits per heavy atom. The van der Waals surface area contributed by atoms with Crippen molar-refractivity contribution in [2.75, 3.05) is 11.9 Å². The Morgan fingerprint density at radius 3 is 2.75 bits per heavy atom. The Hall–Kier alpha value is -1.39. The second-order valence-corrected chi connectivity index (χ2v) is 4.25. The molecule has 1 heterocycles. The second kappa shape index (κ2) is 5.09.